The second-order valence-electron chi connectivity index (χ2n) is 6.17. The lowest BCUT2D eigenvalue weighted by molar-refractivity contribution is 0.276. The lowest BCUT2D eigenvalue weighted by Crippen LogP contribution is -2.33. The summed E-state index contributed by atoms with van der Waals surface area (Å²) < 4.78 is 23.1. The summed E-state index contributed by atoms with van der Waals surface area (Å²) in [5.41, 5.74) is 1.52. The summed E-state index contributed by atoms with van der Waals surface area (Å²) in [6.07, 6.45) is 3.56. The van der Waals surface area contributed by atoms with Gasteiger partial charge in [-0.2, -0.15) is 0 Å². The van der Waals surface area contributed by atoms with Crippen molar-refractivity contribution < 1.29 is 8.42 Å². The van der Waals surface area contributed by atoms with Crippen molar-refractivity contribution in [2.24, 2.45) is 17.0 Å². The van der Waals surface area contributed by atoms with E-state index in [1.165, 1.54) is 12.8 Å². The Bertz CT molecular complexity index is 584. The van der Waals surface area contributed by atoms with Gasteiger partial charge in [-0.3, -0.25) is 0 Å². The average molecular weight is 296 g/mol. The van der Waals surface area contributed by atoms with Crippen molar-refractivity contribution in [1.82, 2.24) is 0 Å². The molecule has 0 aliphatic heterocycles. The predicted molar refractivity (Wildman–Crippen MR) is 82.1 cm³/mol. The number of rotatable bonds is 3. The fraction of sp³-hybridized carbons (Fsp3) is 0.600. The Morgan fingerprint density at radius 2 is 1.95 bits per heavy atom. The highest BCUT2D eigenvalue weighted by molar-refractivity contribution is 7.89. The molecular formula is C15H24N2O2S. The number of benzene rings is 1. The highest BCUT2D eigenvalue weighted by Gasteiger charge is 2.25. The van der Waals surface area contributed by atoms with Crippen LogP contribution in [-0.2, 0) is 10.0 Å². The van der Waals surface area contributed by atoms with Crippen molar-refractivity contribution >= 4 is 15.7 Å². The van der Waals surface area contributed by atoms with Crippen LogP contribution in [0.5, 0.6) is 0 Å². The third-order valence-corrected chi connectivity index (χ3v) is 5.33. The molecule has 0 heterocycles. The Kier molecular flexibility index (Phi) is 4.39. The molecule has 1 saturated carbocycles. The number of nitrogens with two attached hydrogens (primary N) is 1. The third kappa shape index (κ3) is 3.52. The molecule has 5 heteroatoms. The summed E-state index contributed by atoms with van der Waals surface area (Å²) in [5, 5.41) is 8.72. The Morgan fingerprint density at radius 3 is 2.55 bits per heavy atom. The molecule has 0 radical (unpaired) electrons. The van der Waals surface area contributed by atoms with Crippen molar-refractivity contribution in [3.8, 4) is 0 Å². The van der Waals surface area contributed by atoms with Crippen molar-refractivity contribution in [3.05, 3.63) is 23.8 Å². The summed E-state index contributed by atoms with van der Waals surface area (Å²) in [7, 11) is -3.66. The van der Waals surface area contributed by atoms with Crippen LogP contribution in [0.15, 0.2) is 23.1 Å². The molecule has 0 spiro atoms. The predicted octanol–water partition coefficient (Wildman–Crippen LogP) is 2.88. The van der Waals surface area contributed by atoms with E-state index in [-0.39, 0.29) is 4.90 Å². The van der Waals surface area contributed by atoms with Crippen molar-refractivity contribution in [2.45, 2.75) is 51.0 Å². The first-order valence-electron chi connectivity index (χ1n) is 7.17. The summed E-state index contributed by atoms with van der Waals surface area (Å²) in [5.74, 6) is 1.37. The molecule has 0 aromatic heterocycles. The van der Waals surface area contributed by atoms with Gasteiger partial charge in [0, 0.05) is 11.7 Å². The van der Waals surface area contributed by atoms with E-state index in [0.717, 1.165) is 18.0 Å². The van der Waals surface area contributed by atoms with E-state index in [1.54, 1.807) is 19.1 Å². The first-order valence-corrected chi connectivity index (χ1v) is 8.72. The number of nitrogens with one attached hydrogen (secondary N) is 1. The molecule has 1 aromatic carbocycles. The van der Waals surface area contributed by atoms with Crippen LogP contribution in [0, 0.1) is 18.8 Å². The van der Waals surface area contributed by atoms with E-state index in [9.17, 15) is 8.42 Å². The highest BCUT2D eigenvalue weighted by atomic mass is 32.2. The molecule has 1 aliphatic carbocycles. The maximum atomic E-state index is 11.6. The van der Waals surface area contributed by atoms with Crippen LogP contribution in [-0.4, -0.2) is 14.5 Å². The minimum Gasteiger partial charge on any atom is -0.382 e. The molecule has 2 rings (SSSR count). The van der Waals surface area contributed by atoms with Crippen molar-refractivity contribution in [2.75, 3.05) is 5.32 Å². The lowest BCUT2D eigenvalue weighted by atomic mass is 9.80. The van der Waals surface area contributed by atoms with Gasteiger partial charge in [-0.25, -0.2) is 13.6 Å². The fourth-order valence-electron chi connectivity index (χ4n) is 3.09. The van der Waals surface area contributed by atoms with Gasteiger partial charge in [0.1, 0.15) is 0 Å². The standard InChI is InChI=1S/C15H24N2O2S/c1-10-4-7-14(12(3)8-10)17-13-6-5-11(2)15(9-13)20(16,18)19/h5-6,9-10,12,14,17H,4,7-8H2,1-3H3,(H2,16,18,19). The monoisotopic (exact) mass is 296 g/mol. The molecule has 112 valence electrons. The number of sulfonamides is 1. The zero-order valence-corrected chi connectivity index (χ0v) is 13.2. The molecule has 0 amide bonds. The third-order valence-electron chi connectivity index (χ3n) is 4.28. The minimum absolute atomic E-state index is 0.208. The fourth-order valence-corrected chi connectivity index (χ4v) is 3.90. The van der Waals surface area contributed by atoms with Crippen LogP contribution in [0.3, 0.4) is 0 Å². The van der Waals surface area contributed by atoms with Crippen LogP contribution in [0.4, 0.5) is 5.69 Å². The number of hydrogen-bond acceptors (Lipinski definition) is 3. The van der Waals surface area contributed by atoms with E-state index >= 15 is 0 Å². The van der Waals surface area contributed by atoms with Crippen LogP contribution >= 0.6 is 0 Å². The molecule has 4 nitrogen and oxygen atoms in total. The molecule has 20 heavy (non-hydrogen) atoms. The average Bonchev–Trinajstić information content (AvgIpc) is 2.33. The first kappa shape index (κ1) is 15.3. The number of aryl methyl sites for hydroxylation is 1. The smallest absolute Gasteiger partial charge is 0.238 e. The second-order valence-corrected chi connectivity index (χ2v) is 7.70. The second kappa shape index (κ2) is 5.74. The topological polar surface area (TPSA) is 72.2 Å². The Labute approximate surface area is 121 Å². The number of primary sulfonamides is 1. The summed E-state index contributed by atoms with van der Waals surface area (Å²) in [6, 6.07) is 5.78. The molecule has 0 saturated heterocycles. The van der Waals surface area contributed by atoms with Crippen molar-refractivity contribution in [3.63, 3.8) is 0 Å². The first-order chi connectivity index (χ1) is 9.27. The van der Waals surface area contributed by atoms with Crippen LogP contribution in [0.2, 0.25) is 0 Å². The molecule has 3 N–H and O–H groups in total. The highest BCUT2D eigenvalue weighted by Crippen LogP contribution is 2.31. The van der Waals surface area contributed by atoms with E-state index < -0.39 is 10.0 Å². The van der Waals surface area contributed by atoms with Gasteiger partial charge in [0.05, 0.1) is 4.90 Å². The zero-order chi connectivity index (χ0) is 14.9. The number of anilines is 1. The molecule has 3 atom stereocenters. The van der Waals surface area contributed by atoms with Crippen LogP contribution < -0.4 is 10.5 Å². The Balaban J connectivity index is 2.18. The Morgan fingerprint density at radius 1 is 1.25 bits per heavy atom. The molecule has 1 aliphatic rings. The molecule has 0 bridgehead atoms. The summed E-state index contributed by atoms with van der Waals surface area (Å²) in [6.45, 7) is 6.30. The van der Waals surface area contributed by atoms with E-state index in [0.29, 0.717) is 17.5 Å². The molecular weight excluding hydrogens is 272 g/mol. The largest absolute Gasteiger partial charge is 0.382 e. The quantitative estimate of drug-likeness (QED) is 0.901. The molecule has 1 fully saturated rings. The maximum Gasteiger partial charge on any atom is 0.238 e. The normalized spacial score (nSPS) is 27.3. The minimum atomic E-state index is -3.66. The molecule has 1 aromatic rings. The number of hydrogen-bond donors (Lipinski definition) is 2. The summed E-state index contributed by atoms with van der Waals surface area (Å²) in [4.78, 5) is 0.208. The SMILES string of the molecule is Cc1ccc(NC2CCC(C)CC2C)cc1S(N)(=O)=O. The lowest BCUT2D eigenvalue weighted by Gasteiger charge is -2.34. The maximum absolute atomic E-state index is 11.6. The van der Waals surface area contributed by atoms with Gasteiger partial charge < -0.3 is 5.32 Å². The van der Waals surface area contributed by atoms with E-state index in [2.05, 4.69) is 19.2 Å². The van der Waals surface area contributed by atoms with E-state index in [4.69, 9.17) is 5.14 Å². The van der Waals surface area contributed by atoms with Gasteiger partial charge in [0.2, 0.25) is 10.0 Å². The van der Waals surface area contributed by atoms with Crippen LogP contribution in [0.25, 0.3) is 0 Å². The Hall–Kier alpha value is -1.07. The summed E-state index contributed by atoms with van der Waals surface area (Å²) >= 11 is 0. The van der Waals surface area contributed by atoms with E-state index in [1.807, 2.05) is 6.07 Å². The van der Waals surface area contributed by atoms with Crippen LogP contribution in [0.1, 0.15) is 38.7 Å². The zero-order valence-electron chi connectivity index (χ0n) is 12.4. The van der Waals surface area contributed by atoms with Gasteiger partial charge in [-0.05, 0) is 55.7 Å². The van der Waals surface area contributed by atoms with Gasteiger partial charge in [0.25, 0.3) is 0 Å². The van der Waals surface area contributed by atoms with Crippen molar-refractivity contribution in [1.29, 1.82) is 0 Å². The molecule has 3 unspecified atom stereocenters. The van der Waals surface area contributed by atoms with Gasteiger partial charge in [0.15, 0.2) is 0 Å². The van der Waals surface area contributed by atoms with Gasteiger partial charge in [-0.15, -0.1) is 0 Å². The van der Waals surface area contributed by atoms with Gasteiger partial charge >= 0.3 is 0 Å². The van der Waals surface area contributed by atoms with Gasteiger partial charge in [-0.1, -0.05) is 19.9 Å².